The summed E-state index contributed by atoms with van der Waals surface area (Å²) in [7, 11) is 0. The lowest BCUT2D eigenvalue weighted by Gasteiger charge is -2.33. The Morgan fingerprint density at radius 1 is 1.00 bits per heavy atom. The number of carbonyl (C=O) groups excluding carboxylic acids is 2. The van der Waals surface area contributed by atoms with Crippen LogP contribution in [0.5, 0.6) is 0 Å². The van der Waals surface area contributed by atoms with Gasteiger partial charge in [-0.3, -0.25) is 9.59 Å². The summed E-state index contributed by atoms with van der Waals surface area (Å²) in [4.78, 5) is 33.1. The highest BCUT2D eigenvalue weighted by Crippen LogP contribution is 2.28. The number of fused-ring (bicyclic) bond motifs is 1. The molecule has 1 aliphatic heterocycles. The molecule has 1 saturated carbocycles. The molecule has 3 heterocycles. The van der Waals surface area contributed by atoms with Crippen molar-refractivity contribution >= 4 is 22.7 Å². The molecule has 1 atom stereocenters. The number of rotatable bonds is 4. The van der Waals surface area contributed by atoms with Gasteiger partial charge in [-0.05, 0) is 49.9 Å². The van der Waals surface area contributed by atoms with Crippen LogP contribution in [0.2, 0.25) is 0 Å². The second kappa shape index (κ2) is 9.15. The topological polar surface area (TPSA) is 75.4 Å². The molecule has 2 amide bonds. The molecule has 0 radical (unpaired) electrons. The Hall–Kier alpha value is -3.15. The second-order valence-corrected chi connectivity index (χ2v) is 8.98. The van der Waals surface area contributed by atoms with Crippen molar-refractivity contribution in [2.24, 2.45) is 5.92 Å². The molecule has 5 rings (SSSR count). The molecule has 1 N–H and O–H groups in total. The van der Waals surface area contributed by atoms with Gasteiger partial charge in [-0.25, -0.2) is 4.98 Å². The van der Waals surface area contributed by atoms with Crippen molar-refractivity contribution in [3.8, 4) is 11.5 Å². The minimum Gasteiger partial charge on any atom is -0.463 e. The summed E-state index contributed by atoms with van der Waals surface area (Å²) in [6, 6.07) is 13.4. The number of nitrogens with zero attached hydrogens (tertiary/aromatic N) is 2. The smallest absolute Gasteiger partial charge is 0.254 e. The number of likely N-dealkylation sites (tertiary alicyclic amines) is 1. The molecule has 1 saturated heterocycles. The monoisotopic (exact) mass is 431 g/mol. The molecular formula is C26H29N3O3. The first-order valence-corrected chi connectivity index (χ1v) is 11.7. The molecule has 2 fully saturated rings. The summed E-state index contributed by atoms with van der Waals surface area (Å²) in [6.07, 6.45) is 9.05. The van der Waals surface area contributed by atoms with E-state index in [1.165, 1.54) is 19.3 Å². The minimum atomic E-state index is -0.146. The third-order valence-corrected chi connectivity index (χ3v) is 6.75. The van der Waals surface area contributed by atoms with E-state index in [0.29, 0.717) is 36.1 Å². The van der Waals surface area contributed by atoms with Gasteiger partial charge in [0.15, 0.2) is 5.76 Å². The highest BCUT2D eigenvalue weighted by Gasteiger charge is 2.31. The van der Waals surface area contributed by atoms with Gasteiger partial charge >= 0.3 is 0 Å². The summed E-state index contributed by atoms with van der Waals surface area (Å²) in [6.45, 7) is 1.13. The maximum Gasteiger partial charge on any atom is 0.254 e. The summed E-state index contributed by atoms with van der Waals surface area (Å²) in [5, 5.41) is 4.07. The van der Waals surface area contributed by atoms with Gasteiger partial charge in [0.05, 0.1) is 23.3 Å². The molecule has 6 heteroatoms. The van der Waals surface area contributed by atoms with E-state index in [0.717, 1.165) is 36.6 Å². The lowest BCUT2D eigenvalue weighted by molar-refractivity contribution is -0.127. The van der Waals surface area contributed by atoms with E-state index >= 15 is 0 Å². The predicted octanol–water partition coefficient (Wildman–Crippen LogP) is 4.80. The lowest BCUT2D eigenvalue weighted by Crippen LogP contribution is -2.48. The highest BCUT2D eigenvalue weighted by molar-refractivity contribution is 6.07. The van der Waals surface area contributed by atoms with E-state index in [1.54, 1.807) is 6.26 Å². The first-order valence-electron chi connectivity index (χ1n) is 11.7. The fraction of sp³-hybridized carbons (Fsp3) is 0.423. The summed E-state index contributed by atoms with van der Waals surface area (Å²) in [5.41, 5.74) is 2.00. The zero-order valence-corrected chi connectivity index (χ0v) is 18.3. The Labute approximate surface area is 188 Å². The van der Waals surface area contributed by atoms with Crippen molar-refractivity contribution in [2.45, 2.75) is 51.0 Å². The predicted molar refractivity (Wildman–Crippen MR) is 123 cm³/mol. The number of nitrogens with one attached hydrogen (secondary N) is 1. The molecule has 1 aromatic carbocycles. The normalized spacial score (nSPS) is 19.8. The molecular weight excluding hydrogens is 402 g/mol. The number of hydrogen-bond acceptors (Lipinski definition) is 4. The summed E-state index contributed by atoms with van der Waals surface area (Å²) >= 11 is 0. The average Bonchev–Trinajstić information content (AvgIpc) is 3.39. The molecule has 0 bridgehead atoms. The van der Waals surface area contributed by atoms with Crippen molar-refractivity contribution in [3.63, 3.8) is 0 Å². The van der Waals surface area contributed by atoms with Crippen molar-refractivity contribution in [2.75, 3.05) is 13.1 Å². The van der Waals surface area contributed by atoms with Gasteiger partial charge in [-0.1, -0.05) is 37.5 Å². The second-order valence-electron chi connectivity index (χ2n) is 8.98. The third-order valence-electron chi connectivity index (χ3n) is 6.75. The highest BCUT2D eigenvalue weighted by atomic mass is 16.3. The summed E-state index contributed by atoms with van der Waals surface area (Å²) in [5.74, 6) is 0.539. The number of hydrogen-bond donors (Lipinski definition) is 1. The Morgan fingerprint density at radius 3 is 2.66 bits per heavy atom. The molecule has 6 nitrogen and oxygen atoms in total. The van der Waals surface area contributed by atoms with Gasteiger partial charge in [-0.2, -0.15) is 0 Å². The number of furan rings is 1. The first kappa shape index (κ1) is 20.7. The number of amides is 2. The third kappa shape index (κ3) is 4.27. The van der Waals surface area contributed by atoms with Crippen LogP contribution in [0, 0.1) is 5.92 Å². The van der Waals surface area contributed by atoms with Crippen LogP contribution in [-0.2, 0) is 4.79 Å². The Kier molecular flexibility index (Phi) is 5.93. The van der Waals surface area contributed by atoms with E-state index in [-0.39, 0.29) is 17.7 Å². The zero-order chi connectivity index (χ0) is 21.9. The molecule has 0 spiro atoms. The number of benzene rings is 1. The van der Waals surface area contributed by atoms with Crippen LogP contribution >= 0.6 is 0 Å². The van der Waals surface area contributed by atoms with E-state index in [1.807, 2.05) is 47.4 Å². The van der Waals surface area contributed by atoms with E-state index in [2.05, 4.69) is 10.3 Å². The molecule has 1 aliphatic carbocycles. The number of aromatic nitrogens is 1. The fourth-order valence-corrected chi connectivity index (χ4v) is 5.01. The van der Waals surface area contributed by atoms with Gasteiger partial charge in [0.25, 0.3) is 5.91 Å². The van der Waals surface area contributed by atoms with Crippen molar-refractivity contribution in [1.82, 2.24) is 15.2 Å². The number of para-hydroxylation sites is 1. The molecule has 32 heavy (non-hydrogen) atoms. The van der Waals surface area contributed by atoms with Gasteiger partial charge in [0, 0.05) is 24.5 Å². The van der Waals surface area contributed by atoms with Crippen molar-refractivity contribution in [3.05, 3.63) is 54.3 Å². The Morgan fingerprint density at radius 2 is 1.84 bits per heavy atom. The van der Waals surface area contributed by atoms with Crippen molar-refractivity contribution < 1.29 is 14.0 Å². The maximum absolute atomic E-state index is 13.6. The van der Waals surface area contributed by atoms with Gasteiger partial charge < -0.3 is 14.6 Å². The van der Waals surface area contributed by atoms with Crippen LogP contribution < -0.4 is 5.32 Å². The van der Waals surface area contributed by atoms with Crippen molar-refractivity contribution in [1.29, 1.82) is 0 Å². The van der Waals surface area contributed by atoms with E-state index < -0.39 is 0 Å². The van der Waals surface area contributed by atoms with Crippen LogP contribution in [0.25, 0.3) is 22.4 Å². The molecule has 2 aromatic heterocycles. The molecule has 166 valence electrons. The average molecular weight is 432 g/mol. The van der Waals surface area contributed by atoms with E-state index in [9.17, 15) is 9.59 Å². The maximum atomic E-state index is 13.6. The van der Waals surface area contributed by atoms with Crippen LogP contribution in [0.3, 0.4) is 0 Å². The number of piperidine rings is 1. The largest absolute Gasteiger partial charge is 0.463 e. The zero-order valence-electron chi connectivity index (χ0n) is 18.3. The minimum absolute atomic E-state index is 0.0495. The molecule has 2 aliphatic rings. The Bertz CT molecular complexity index is 1100. The molecule has 1 unspecified atom stereocenters. The number of carbonyl (C=O) groups is 2. The number of pyridine rings is 1. The van der Waals surface area contributed by atoms with Gasteiger partial charge in [0.1, 0.15) is 5.69 Å². The lowest BCUT2D eigenvalue weighted by atomic mass is 9.92. The first-order chi connectivity index (χ1) is 15.7. The summed E-state index contributed by atoms with van der Waals surface area (Å²) < 4.78 is 5.53. The van der Waals surface area contributed by atoms with E-state index in [4.69, 9.17) is 4.42 Å². The standard InChI is InChI=1S/C26H29N3O3/c30-25(27-19-9-2-1-3-10-19)18-8-6-14-29(17-18)26(31)21-16-23(24-13-7-15-32-24)28-22-12-5-4-11-20(21)22/h4-5,7,11-13,15-16,18-19H,1-3,6,8-10,14,17H2,(H,27,30). The van der Waals surface area contributed by atoms with Crippen LogP contribution in [0.4, 0.5) is 0 Å². The van der Waals surface area contributed by atoms with Gasteiger partial charge in [0.2, 0.25) is 5.91 Å². The Balaban J connectivity index is 1.38. The van der Waals surface area contributed by atoms with Crippen LogP contribution in [-0.4, -0.2) is 40.8 Å². The SMILES string of the molecule is O=C(NC1CCCCC1)C1CCCN(C(=O)c2cc(-c3ccco3)nc3ccccc23)C1. The quantitative estimate of drug-likeness (QED) is 0.644. The van der Waals surface area contributed by atoms with Crippen LogP contribution in [0.15, 0.2) is 53.1 Å². The van der Waals surface area contributed by atoms with Crippen LogP contribution in [0.1, 0.15) is 55.3 Å². The van der Waals surface area contributed by atoms with Gasteiger partial charge in [-0.15, -0.1) is 0 Å². The molecule has 3 aromatic rings. The fourth-order valence-electron chi connectivity index (χ4n) is 5.01.